The van der Waals surface area contributed by atoms with Crippen molar-refractivity contribution >= 4 is 40.2 Å². The predicted molar refractivity (Wildman–Crippen MR) is 103 cm³/mol. The van der Waals surface area contributed by atoms with Crippen LogP contribution in [0.15, 0.2) is 94.9 Å². The zero-order chi connectivity index (χ0) is 15.7. The van der Waals surface area contributed by atoms with Crippen LogP contribution in [0, 0.1) is 0 Å². The summed E-state index contributed by atoms with van der Waals surface area (Å²) in [7, 11) is 0. The van der Waals surface area contributed by atoms with Crippen molar-refractivity contribution in [2.45, 2.75) is 7.77 Å². The number of fused-ring (bicyclic) bond motifs is 1. The van der Waals surface area contributed by atoms with E-state index in [2.05, 4.69) is 100 Å². The van der Waals surface area contributed by atoms with E-state index in [1.165, 1.54) is 10.6 Å². The van der Waals surface area contributed by atoms with E-state index in [1.54, 1.807) is 11.8 Å². The van der Waals surface area contributed by atoms with Gasteiger partial charge in [-0.2, -0.15) is 4.57 Å². The Morgan fingerprint density at radius 2 is 1.48 bits per heavy atom. The minimum Gasteiger partial charge on any atom is -0.193 e. The molecule has 0 radical (unpaired) electrons. The summed E-state index contributed by atoms with van der Waals surface area (Å²) < 4.78 is 1.84. The highest BCUT2D eigenvalue weighted by molar-refractivity contribution is 14.1. The van der Waals surface area contributed by atoms with Crippen molar-refractivity contribution in [3.63, 3.8) is 0 Å². The Morgan fingerprint density at radius 3 is 2.22 bits per heavy atom. The van der Waals surface area contributed by atoms with E-state index in [-0.39, 0.29) is 2.88 Å². The molecule has 0 spiro atoms. The first-order chi connectivity index (χ1) is 11.3. The zero-order valence-electron chi connectivity index (χ0n) is 12.3. The Morgan fingerprint density at radius 1 is 0.826 bits per heavy atom. The number of aromatic nitrogens is 1. The average Bonchev–Trinajstić information content (AvgIpc) is 2.90. The third-order valence-electron chi connectivity index (χ3n) is 3.68. The Kier molecular flexibility index (Phi) is 3.95. The summed E-state index contributed by atoms with van der Waals surface area (Å²) in [5.41, 5.74) is 2.32. The lowest BCUT2D eigenvalue weighted by Gasteiger charge is -2.11. The molecule has 0 bridgehead atoms. The van der Waals surface area contributed by atoms with Crippen LogP contribution in [0.1, 0.15) is 11.3 Å². The first kappa shape index (κ1) is 14.9. The van der Waals surface area contributed by atoms with Gasteiger partial charge in [0, 0.05) is 27.5 Å². The maximum atomic E-state index is 5.08. The van der Waals surface area contributed by atoms with Gasteiger partial charge in [-0.25, -0.2) is 0 Å². The molecular weight excluding hydrogens is 415 g/mol. The third-order valence-corrected chi connectivity index (χ3v) is 6.22. The number of alkyl halides is 1. The van der Waals surface area contributed by atoms with Gasteiger partial charge in [0.15, 0.2) is 5.69 Å². The topological polar surface area (TPSA) is 16.2 Å². The zero-order valence-corrected chi connectivity index (χ0v) is 15.2. The molecule has 4 rings (SSSR count). The van der Waals surface area contributed by atoms with Crippen LogP contribution in [-0.4, -0.2) is 5.84 Å². The van der Waals surface area contributed by atoms with Crippen molar-refractivity contribution in [1.29, 1.82) is 0 Å². The highest BCUT2D eigenvalue weighted by atomic mass is 127. The van der Waals surface area contributed by atoms with Gasteiger partial charge in [0.25, 0.3) is 0 Å². The molecule has 4 heteroatoms. The van der Waals surface area contributed by atoms with E-state index >= 15 is 0 Å². The summed E-state index contributed by atoms with van der Waals surface area (Å²) in [5.74, 6) is 0.999. The molecule has 3 aromatic rings. The number of aliphatic imine (C=N–C) groups is 1. The molecular formula is C19H14IN2S+. The largest absolute Gasteiger partial charge is 0.332 e. The number of nitrogens with zero attached hydrogens (tertiary/aromatic N) is 2. The second-order valence-corrected chi connectivity index (χ2v) is 8.79. The minimum absolute atomic E-state index is 0.356. The van der Waals surface area contributed by atoms with Crippen molar-refractivity contribution < 1.29 is 4.57 Å². The molecule has 2 aromatic carbocycles. The molecule has 0 N–H and O–H groups in total. The van der Waals surface area contributed by atoms with Crippen LogP contribution in [-0.2, 0) is 2.88 Å². The fourth-order valence-corrected chi connectivity index (χ4v) is 5.08. The smallest absolute Gasteiger partial charge is 0.193 e. The molecule has 1 aliphatic rings. The number of hydrogen-bond acceptors (Lipinski definition) is 2. The van der Waals surface area contributed by atoms with Crippen molar-refractivity contribution in [3.05, 3.63) is 96.3 Å². The van der Waals surface area contributed by atoms with E-state index < -0.39 is 0 Å². The van der Waals surface area contributed by atoms with Gasteiger partial charge in [-0.05, 0) is 41.4 Å². The van der Waals surface area contributed by atoms with Gasteiger partial charge in [0.1, 0.15) is 0 Å². The molecule has 0 aliphatic carbocycles. The first-order valence-corrected chi connectivity index (χ1v) is 9.26. The lowest BCUT2D eigenvalue weighted by atomic mass is 10.2. The van der Waals surface area contributed by atoms with Crippen molar-refractivity contribution in [3.8, 4) is 0 Å². The monoisotopic (exact) mass is 429 g/mol. The van der Waals surface area contributed by atoms with Gasteiger partial charge in [0.2, 0.25) is 0 Å². The quantitative estimate of drug-likeness (QED) is 0.257. The van der Waals surface area contributed by atoms with Crippen molar-refractivity contribution in [2.24, 2.45) is 4.99 Å². The van der Waals surface area contributed by atoms with E-state index in [4.69, 9.17) is 4.99 Å². The normalized spacial score (nSPS) is 19.3. The number of thioether (sulfide) groups is 1. The van der Waals surface area contributed by atoms with Crippen LogP contribution >= 0.6 is 34.4 Å². The van der Waals surface area contributed by atoms with Crippen LogP contribution in [0.5, 0.6) is 0 Å². The molecule has 23 heavy (non-hydrogen) atoms. The second-order valence-electron chi connectivity index (χ2n) is 5.23. The minimum atomic E-state index is -0.356. The molecule has 2 heterocycles. The number of rotatable bonds is 3. The van der Waals surface area contributed by atoms with Crippen LogP contribution in [0.3, 0.4) is 0 Å². The lowest BCUT2D eigenvalue weighted by Crippen LogP contribution is -2.43. The maximum Gasteiger partial charge on any atom is 0.332 e. The predicted octanol–water partition coefficient (Wildman–Crippen LogP) is 4.62. The molecule has 2 nitrogen and oxygen atoms in total. The van der Waals surface area contributed by atoms with Gasteiger partial charge < -0.3 is 0 Å². The number of hydrogen-bond donors (Lipinski definition) is 0. The summed E-state index contributed by atoms with van der Waals surface area (Å²) in [4.78, 5) is 6.30. The first-order valence-electron chi connectivity index (χ1n) is 7.36. The summed E-state index contributed by atoms with van der Waals surface area (Å²) in [6, 6.07) is 27.1. The van der Waals surface area contributed by atoms with E-state index in [9.17, 15) is 0 Å². The highest BCUT2D eigenvalue weighted by Crippen LogP contribution is 2.49. The molecule has 0 fully saturated rings. The maximum absolute atomic E-state index is 5.08. The molecule has 1 aromatic heterocycles. The summed E-state index contributed by atoms with van der Waals surface area (Å²) in [6.45, 7) is 0. The highest BCUT2D eigenvalue weighted by Gasteiger charge is 2.48. The lowest BCUT2D eigenvalue weighted by molar-refractivity contribution is -0.557. The Labute approximate surface area is 153 Å². The number of benzene rings is 2. The molecule has 1 unspecified atom stereocenters. The molecule has 112 valence electrons. The van der Waals surface area contributed by atoms with Crippen molar-refractivity contribution in [2.75, 3.05) is 0 Å². The SMILES string of the molecule is IC1(Sc2ccccc2)N=C(c2ccccc2)[n+]2ccccc21. The molecule has 0 saturated carbocycles. The van der Waals surface area contributed by atoms with Gasteiger partial charge in [0.05, 0.1) is 11.8 Å². The van der Waals surface area contributed by atoms with Crippen molar-refractivity contribution in [1.82, 2.24) is 0 Å². The van der Waals surface area contributed by atoms with E-state index in [0.717, 1.165) is 11.4 Å². The van der Waals surface area contributed by atoms with Crippen LogP contribution in [0.25, 0.3) is 0 Å². The Hall–Kier alpha value is -1.66. The summed E-state index contributed by atoms with van der Waals surface area (Å²) >= 11 is 4.23. The number of halogens is 1. The number of pyridine rings is 1. The van der Waals surface area contributed by atoms with Crippen LogP contribution in [0.2, 0.25) is 0 Å². The summed E-state index contributed by atoms with van der Waals surface area (Å²) in [5, 5.41) is 0. The van der Waals surface area contributed by atoms with E-state index in [1.807, 2.05) is 12.1 Å². The Balaban J connectivity index is 1.83. The van der Waals surface area contributed by atoms with Gasteiger partial charge in [-0.1, -0.05) is 54.2 Å². The average molecular weight is 429 g/mol. The second kappa shape index (κ2) is 6.09. The van der Waals surface area contributed by atoms with Gasteiger partial charge >= 0.3 is 8.71 Å². The molecule has 0 amide bonds. The van der Waals surface area contributed by atoms with Gasteiger partial charge in [-0.15, -0.1) is 0 Å². The van der Waals surface area contributed by atoms with Crippen LogP contribution in [0.4, 0.5) is 0 Å². The Bertz CT molecular complexity index is 865. The van der Waals surface area contributed by atoms with E-state index in [0.29, 0.717) is 0 Å². The molecule has 0 saturated heterocycles. The van der Waals surface area contributed by atoms with Crippen LogP contribution < -0.4 is 4.57 Å². The standard InChI is InChI=1S/C19H14IN2S/c20-19(23-16-11-5-2-6-12-16)17-13-7-8-14-22(17)18(21-19)15-9-3-1-4-10-15/h1-14H/q+1. The summed E-state index contributed by atoms with van der Waals surface area (Å²) in [6.07, 6.45) is 2.09. The fourth-order valence-electron chi connectivity index (χ4n) is 2.64. The fraction of sp³-hybridized carbons (Fsp3) is 0.0526. The molecule has 1 aliphatic heterocycles. The molecule has 1 atom stereocenters. The van der Waals surface area contributed by atoms with Gasteiger partial charge in [-0.3, -0.25) is 0 Å². The third kappa shape index (κ3) is 2.81.